The number of amides is 1. The molecule has 4 unspecified atom stereocenters. The molecular formula is C15H24ClNO. The van der Waals surface area contributed by atoms with Gasteiger partial charge in [-0.15, -0.1) is 11.6 Å². The van der Waals surface area contributed by atoms with Crippen molar-refractivity contribution in [3.8, 4) is 0 Å². The van der Waals surface area contributed by atoms with Crippen LogP contribution in [0, 0.1) is 23.7 Å². The van der Waals surface area contributed by atoms with E-state index < -0.39 is 0 Å². The summed E-state index contributed by atoms with van der Waals surface area (Å²) in [6.07, 6.45) is 10.1. The van der Waals surface area contributed by atoms with Crippen LogP contribution in [0.2, 0.25) is 0 Å². The molecule has 0 aliphatic heterocycles. The fraction of sp³-hybridized carbons (Fsp3) is 0.933. The normalized spacial score (nSPS) is 43.1. The van der Waals surface area contributed by atoms with E-state index >= 15 is 0 Å². The highest BCUT2D eigenvalue weighted by Gasteiger charge is 2.54. The summed E-state index contributed by atoms with van der Waals surface area (Å²) in [5.41, 5.74) is 0. The molecule has 0 spiro atoms. The van der Waals surface area contributed by atoms with Gasteiger partial charge in [-0.2, -0.15) is 0 Å². The molecule has 4 atom stereocenters. The van der Waals surface area contributed by atoms with Gasteiger partial charge >= 0.3 is 0 Å². The van der Waals surface area contributed by atoms with E-state index in [9.17, 15) is 4.79 Å². The van der Waals surface area contributed by atoms with Gasteiger partial charge in [0.15, 0.2) is 0 Å². The number of fused-ring (bicyclic) bond motifs is 1. The van der Waals surface area contributed by atoms with Crippen molar-refractivity contribution in [2.24, 2.45) is 23.7 Å². The molecular weight excluding hydrogens is 246 g/mol. The molecule has 0 aromatic carbocycles. The molecule has 2 nitrogen and oxygen atoms in total. The predicted molar refractivity (Wildman–Crippen MR) is 73.5 cm³/mol. The zero-order valence-corrected chi connectivity index (χ0v) is 11.8. The summed E-state index contributed by atoms with van der Waals surface area (Å²) < 4.78 is 0. The van der Waals surface area contributed by atoms with Gasteiger partial charge in [0.1, 0.15) is 0 Å². The molecule has 0 aromatic heterocycles. The minimum absolute atomic E-state index is 0.278. The average Bonchev–Trinajstić information content (AvgIpc) is 3.12. The van der Waals surface area contributed by atoms with E-state index in [1.807, 2.05) is 0 Å². The summed E-state index contributed by atoms with van der Waals surface area (Å²) in [4.78, 5) is 12.2. The summed E-state index contributed by atoms with van der Waals surface area (Å²) in [6.45, 7) is 0.808. The van der Waals surface area contributed by atoms with Gasteiger partial charge in [-0.05, 0) is 43.4 Å². The standard InChI is InChI=1S/C15H24ClNO/c16-13-8-4-1-5-10(13)9-17-15(18)14-11-6-2-3-7-12(11)14/h10-14H,1-9H2,(H,17,18). The van der Waals surface area contributed by atoms with Crippen molar-refractivity contribution in [1.82, 2.24) is 5.32 Å². The third-order valence-electron chi connectivity index (χ3n) is 5.31. The largest absolute Gasteiger partial charge is 0.356 e. The van der Waals surface area contributed by atoms with Gasteiger partial charge < -0.3 is 5.32 Å². The van der Waals surface area contributed by atoms with E-state index in [-0.39, 0.29) is 5.38 Å². The van der Waals surface area contributed by atoms with Gasteiger partial charge in [0.25, 0.3) is 0 Å². The van der Waals surface area contributed by atoms with Crippen molar-refractivity contribution in [3.63, 3.8) is 0 Å². The highest BCUT2D eigenvalue weighted by atomic mass is 35.5. The van der Waals surface area contributed by atoms with Crippen LogP contribution in [0.1, 0.15) is 51.4 Å². The van der Waals surface area contributed by atoms with Crippen molar-refractivity contribution in [2.45, 2.75) is 56.7 Å². The van der Waals surface area contributed by atoms with Crippen molar-refractivity contribution in [1.29, 1.82) is 0 Å². The van der Waals surface area contributed by atoms with E-state index in [0.717, 1.165) is 24.8 Å². The summed E-state index contributed by atoms with van der Waals surface area (Å²) in [7, 11) is 0. The SMILES string of the molecule is O=C(NCC1CCCCC1Cl)C1C2CCCCC21. The zero-order valence-electron chi connectivity index (χ0n) is 11.0. The minimum Gasteiger partial charge on any atom is -0.356 e. The first-order valence-corrected chi connectivity index (χ1v) is 8.13. The zero-order chi connectivity index (χ0) is 12.5. The number of hydrogen-bond donors (Lipinski definition) is 1. The van der Waals surface area contributed by atoms with Gasteiger partial charge in [0, 0.05) is 17.8 Å². The van der Waals surface area contributed by atoms with Crippen LogP contribution in [0.3, 0.4) is 0 Å². The molecule has 3 aliphatic rings. The number of halogens is 1. The number of carbonyl (C=O) groups excluding carboxylic acids is 1. The molecule has 3 saturated carbocycles. The molecule has 3 rings (SSSR count). The Labute approximate surface area is 115 Å². The van der Waals surface area contributed by atoms with Gasteiger partial charge in [-0.1, -0.05) is 25.7 Å². The van der Waals surface area contributed by atoms with Gasteiger partial charge in [-0.25, -0.2) is 0 Å². The Morgan fingerprint density at radius 1 is 1.00 bits per heavy atom. The first-order chi connectivity index (χ1) is 8.77. The number of hydrogen-bond acceptors (Lipinski definition) is 1. The third kappa shape index (κ3) is 2.54. The number of carbonyl (C=O) groups is 1. The summed E-state index contributed by atoms with van der Waals surface area (Å²) in [5, 5.41) is 3.46. The van der Waals surface area contributed by atoms with Crippen molar-refractivity contribution >= 4 is 17.5 Å². The van der Waals surface area contributed by atoms with Crippen LogP contribution in [0.4, 0.5) is 0 Å². The summed E-state index contributed by atoms with van der Waals surface area (Å²) in [6, 6.07) is 0. The number of alkyl halides is 1. The summed E-state index contributed by atoms with van der Waals surface area (Å²) in [5.74, 6) is 2.62. The second kappa shape index (κ2) is 5.40. The molecule has 0 saturated heterocycles. The van der Waals surface area contributed by atoms with E-state index in [0.29, 0.717) is 17.7 Å². The molecule has 102 valence electrons. The third-order valence-corrected chi connectivity index (χ3v) is 5.89. The molecule has 3 fully saturated rings. The lowest BCUT2D eigenvalue weighted by Crippen LogP contribution is -2.35. The molecule has 0 aromatic rings. The van der Waals surface area contributed by atoms with Crippen molar-refractivity contribution < 1.29 is 4.79 Å². The fourth-order valence-corrected chi connectivity index (χ4v) is 4.49. The Morgan fingerprint density at radius 2 is 1.61 bits per heavy atom. The summed E-state index contributed by atoms with van der Waals surface area (Å²) >= 11 is 6.33. The van der Waals surface area contributed by atoms with Crippen LogP contribution in [0.5, 0.6) is 0 Å². The molecule has 0 radical (unpaired) electrons. The van der Waals surface area contributed by atoms with Crippen LogP contribution >= 0.6 is 11.6 Å². The van der Waals surface area contributed by atoms with E-state index in [4.69, 9.17) is 11.6 Å². The maximum atomic E-state index is 12.2. The minimum atomic E-state index is 0.278. The number of rotatable bonds is 3. The molecule has 18 heavy (non-hydrogen) atoms. The van der Waals surface area contributed by atoms with Crippen molar-refractivity contribution in [3.05, 3.63) is 0 Å². The van der Waals surface area contributed by atoms with Crippen LogP contribution in [-0.2, 0) is 4.79 Å². The fourth-order valence-electron chi connectivity index (χ4n) is 4.12. The van der Waals surface area contributed by atoms with E-state index in [2.05, 4.69) is 5.32 Å². The lowest BCUT2D eigenvalue weighted by molar-refractivity contribution is -0.123. The Kier molecular flexibility index (Phi) is 3.83. The molecule has 3 aliphatic carbocycles. The predicted octanol–water partition coefficient (Wildman–Crippen LogP) is 3.34. The highest BCUT2D eigenvalue weighted by Crippen LogP contribution is 2.55. The van der Waals surface area contributed by atoms with Crippen LogP contribution in [0.15, 0.2) is 0 Å². The Morgan fingerprint density at radius 3 is 2.28 bits per heavy atom. The number of nitrogens with one attached hydrogen (secondary N) is 1. The van der Waals surface area contributed by atoms with Gasteiger partial charge in [0.05, 0.1) is 0 Å². The smallest absolute Gasteiger partial charge is 0.223 e. The van der Waals surface area contributed by atoms with Crippen LogP contribution in [-0.4, -0.2) is 17.8 Å². The monoisotopic (exact) mass is 269 g/mol. The topological polar surface area (TPSA) is 29.1 Å². The second-order valence-corrected chi connectivity index (χ2v) is 7.00. The molecule has 3 heteroatoms. The molecule has 1 amide bonds. The maximum Gasteiger partial charge on any atom is 0.223 e. The maximum absolute atomic E-state index is 12.2. The first kappa shape index (κ1) is 12.8. The Hall–Kier alpha value is -0.240. The quantitative estimate of drug-likeness (QED) is 0.783. The van der Waals surface area contributed by atoms with Gasteiger partial charge in [0.2, 0.25) is 5.91 Å². The second-order valence-electron chi connectivity index (χ2n) is 6.44. The molecule has 0 bridgehead atoms. The van der Waals surface area contributed by atoms with Crippen LogP contribution in [0.25, 0.3) is 0 Å². The Balaban J connectivity index is 1.44. The average molecular weight is 270 g/mol. The lowest BCUT2D eigenvalue weighted by Gasteiger charge is -2.27. The molecule has 0 heterocycles. The van der Waals surface area contributed by atoms with Crippen LogP contribution < -0.4 is 5.32 Å². The van der Waals surface area contributed by atoms with Gasteiger partial charge in [-0.3, -0.25) is 4.79 Å². The first-order valence-electron chi connectivity index (χ1n) is 7.69. The van der Waals surface area contributed by atoms with Crippen molar-refractivity contribution in [2.75, 3.05) is 6.54 Å². The molecule has 1 N–H and O–H groups in total. The Bertz CT molecular complexity index is 308. The van der Waals surface area contributed by atoms with E-state index in [1.165, 1.54) is 44.9 Å². The lowest BCUT2D eigenvalue weighted by atomic mass is 9.88. The highest BCUT2D eigenvalue weighted by molar-refractivity contribution is 6.20. The van der Waals surface area contributed by atoms with E-state index in [1.54, 1.807) is 0 Å².